The van der Waals surface area contributed by atoms with Crippen LogP contribution in [0.5, 0.6) is 0 Å². The standard InChI is InChI=1S/C22H21N3O4/c1-4-29-22(28)18-12-24-19-10-7-15(21(27)23-3)11-17(19)20(18)25-16-8-5-14(6-9-16)13(2)26/h5-12H,4H2,1-3H3,(H,23,27)(H,24,25). The maximum absolute atomic E-state index is 12.5. The fraction of sp³-hybridized carbons (Fsp3) is 0.182. The van der Waals surface area contributed by atoms with Gasteiger partial charge in [0, 0.05) is 35.4 Å². The van der Waals surface area contributed by atoms with Gasteiger partial charge in [-0.3, -0.25) is 14.6 Å². The molecule has 0 fully saturated rings. The van der Waals surface area contributed by atoms with Gasteiger partial charge in [0.05, 0.1) is 17.8 Å². The summed E-state index contributed by atoms with van der Waals surface area (Å²) in [5, 5.41) is 6.41. The number of ketones is 1. The van der Waals surface area contributed by atoms with Crippen LogP contribution in [0.15, 0.2) is 48.7 Å². The van der Waals surface area contributed by atoms with E-state index in [1.165, 1.54) is 13.1 Å². The Hall–Kier alpha value is -3.74. The second-order valence-electron chi connectivity index (χ2n) is 6.34. The molecule has 0 unspecified atom stereocenters. The molecule has 0 saturated carbocycles. The smallest absolute Gasteiger partial charge is 0.341 e. The Bertz CT molecular complexity index is 1090. The molecule has 3 aromatic rings. The van der Waals surface area contributed by atoms with E-state index in [9.17, 15) is 14.4 Å². The van der Waals surface area contributed by atoms with Crippen molar-refractivity contribution in [3.63, 3.8) is 0 Å². The molecule has 2 N–H and O–H groups in total. The Morgan fingerprint density at radius 1 is 1.03 bits per heavy atom. The number of benzene rings is 2. The van der Waals surface area contributed by atoms with Gasteiger partial charge in [0.15, 0.2) is 5.78 Å². The van der Waals surface area contributed by atoms with Crippen LogP contribution in [0.25, 0.3) is 10.9 Å². The number of hydrogen-bond donors (Lipinski definition) is 2. The van der Waals surface area contributed by atoms with Crippen LogP contribution in [0, 0.1) is 0 Å². The average molecular weight is 391 g/mol. The molecule has 148 valence electrons. The van der Waals surface area contributed by atoms with E-state index in [1.54, 1.807) is 56.4 Å². The Balaban J connectivity index is 2.15. The van der Waals surface area contributed by atoms with Gasteiger partial charge < -0.3 is 15.4 Å². The Morgan fingerprint density at radius 2 is 1.72 bits per heavy atom. The van der Waals surface area contributed by atoms with E-state index in [4.69, 9.17) is 4.74 Å². The highest BCUT2D eigenvalue weighted by Gasteiger charge is 2.18. The van der Waals surface area contributed by atoms with Crippen molar-refractivity contribution in [2.45, 2.75) is 13.8 Å². The molecule has 7 heteroatoms. The van der Waals surface area contributed by atoms with Crippen LogP contribution in [0.2, 0.25) is 0 Å². The summed E-state index contributed by atoms with van der Waals surface area (Å²) in [6.07, 6.45) is 1.45. The summed E-state index contributed by atoms with van der Waals surface area (Å²) in [5.74, 6) is -0.798. The Labute approximate surface area is 168 Å². The summed E-state index contributed by atoms with van der Waals surface area (Å²) in [7, 11) is 1.55. The van der Waals surface area contributed by atoms with Crippen molar-refractivity contribution in [1.29, 1.82) is 0 Å². The van der Waals surface area contributed by atoms with Crippen molar-refractivity contribution in [2.75, 3.05) is 19.0 Å². The zero-order chi connectivity index (χ0) is 21.0. The third kappa shape index (κ3) is 4.24. The number of nitrogens with one attached hydrogen (secondary N) is 2. The lowest BCUT2D eigenvalue weighted by Crippen LogP contribution is -2.17. The van der Waals surface area contributed by atoms with Crippen molar-refractivity contribution in [2.24, 2.45) is 0 Å². The molecule has 1 aromatic heterocycles. The molecule has 0 bridgehead atoms. The first-order valence-corrected chi connectivity index (χ1v) is 9.14. The van der Waals surface area contributed by atoms with E-state index >= 15 is 0 Å². The zero-order valence-corrected chi connectivity index (χ0v) is 16.4. The number of anilines is 2. The second-order valence-corrected chi connectivity index (χ2v) is 6.34. The molecule has 0 atom stereocenters. The Kier molecular flexibility index (Phi) is 5.87. The van der Waals surface area contributed by atoms with Gasteiger partial charge >= 0.3 is 5.97 Å². The van der Waals surface area contributed by atoms with E-state index in [0.29, 0.717) is 33.4 Å². The van der Waals surface area contributed by atoms with Crippen molar-refractivity contribution < 1.29 is 19.1 Å². The number of amides is 1. The van der Waals surface area contributed by atoms with Crippen molar-refractivity contribution in [3.05, 3.63) is 65.4 Å². The fourth-order valence-corrected chi connectivity index (χ4v) is 2.91. The van der Waals surface area contributed by atoms with Gasteiger partial charge in [0.25, 0.3) is 5.91 Å². The zero-order valence-electron chi connectivity index (χ0n) is 16.4. The molecular formula is C22H21N3O4. The highest BCUT2D eigenvalue weighted by atomic mass is 16.5. The van der Waals surface area contributed by atoms with E-state index in [1.807, 2.05) is 0 Å². The maximum atomic E-state index is 12.5. The molecule has 0 aliphatic carbocycles. The van der Waals surface area contributed by atoms with E-state index in [0.717, 1.165) is 0 Å². The first kappa shape index (κ1) is 20.0. The number of hydrogen-bond acceptors (Lipinski definition) is 6. The number of pyridine rings is 1. The number of Topliss-reactive ketones (excluding diaryl/α,β-unsaturated/α-hetero) is 1. The molecule has 7 nitrogen and oxygen atoms in total. The van der Waals surface area contributed by atoms with E-state index in [2.05, 4.69) is 15.6 Å². The third-order valence-electron chi connectivity index (χ3n) is 4.41. The van der Waals surface area contributed by atoms with Gasteiger partial charge in [-0.15, -0.1) is 0 Å². The molecule has 3 rings (SSSR count). The molecule has 0 aliphatic heterocycles. The van der Waals surface area contributed by atoms with Gasteiger partial charge in [-0.1, -0.05) is 0 Å². The topological polar surface area (TPSA) is 97.4 Å². The lowest BCUT2D eigenvalue weighted by atomic mass is 10.0. The van der Waals surface area contributed by atoms with Gasteiger partial charge in [0.2, 0.25) is 0 Å². The van der Waals surface area contributed by atoms with Gasteiger partial charge in [-0.25, -0.2) is 4.79 Å². The number of ether oxygens (including phenoxy) is 1. The largest absolute Gasteiger partial charge is 0.462 e. The number of rotatable bonds is 6. The number of aromatic nitrogens is 1. The molecule has 2 aromatic carbocycles. The molecule has 0 aliphatic rings. The minimum atomic E-state index is -0.518. The molecular weight excluding hydrogens is 370 g/mol. The highest BCUT2D eigenvalue weighted by Crippen LogP contribution is 2.30. The SMILES string of the molecule is CCOC(=O)c1cnc2ccc(C(=O)NC)cc2c1Nc1ccc(C(C)=O)cc1. The van der Waals surface area contributed by atoms with E-state index < -0.39 is 5.97 Å². The van der Waals surface area contributed by atoms with E-state index in [-0.39, 0.29) is 23.9 Å². The summed E-state index contributed by atoms with van der Waals surface area (Å²) in [6, 6.07) is 12.0. The number of nitrogens with zero attached hydrogens (tertiary/aromatic N) is 1. The highest BCUT2D eigenvalue weighted by molar-refractivity contribution is 6.08. The quantitative estimate of drug-likeness (QED) is 0.491. The van der Waals surface area contributed by atoms with Crippen LogP contribution < -0.4 is 10.6 Å². The van der Waals surface area contributed by atoms with Gasteiger partial charge in [-0.2, -0.15) is 0 Å². The number of esters is 1. The van der Waals surface area contributed by atoms with Crippen LogP contribution in [0.1, 0.15) is 44.9 Å². The molecule has 0 saturated heterocycles. The predicted molar refractivity (Wildman–Crippen MR) is 111 cm³/mol. The Morgan fingerprint density at radius 3 is 2.34 bits per heavy atom. The molecule has 1 amide bonds. The van der Waals surface area contributed by atoms with Crippen molar-refractivity contribution in [1.82, 2.24) is 10.3 Å². The van der Waals surface area contributed by atoms with Gasteiger partial charge in [-0.05, 0) is 56.3 Å². The first-order chi connectivity index (χ1) is 13.9. The number of carbonyl (C=O) groups excluding carboxylic acids is 3. The molecule has 0 spiro atoms. The van der Waals surface area contributed by atoms with Crippen LogP contribution in [0.4, 0.5) is 11.4 Å². The lowest BCUT2D eigenvalue weighted by Gasteiger charge is -2.15. The van der Waals surface area contributed by atoms with Crippen LogP contribution >= 0.6 is 0 Å². The maximum Gasteiger partial charge on any atom is 0.341 e. The van der Waals surface area contributed by atoms with Crippen molar-refractivity contribution in [3.8, 4) is 0 Å². The van der Waals surface area contributed by atoms with Crippen LogP contribution in [-0.4, -0.2) is 36.3 Å². The molecule has 29 heavy (non-hydrogen) atoms. The number of carbonyl (C=O) groups is 3. The monoisotopic (exact) mass is 391 g/mol. The third-order valence-corrected chi connectivity index (χ3v) is 4.41. The summed E-state index contributed by atoms with van der Waals surface area (Å²) in [6.45, 7) is 3.45. The predicted octanol–water partition coefficient (Wildman–Crippen LogP) is 3.72. The molecule has 0 radical (unpaired) electrons. The first-order valence-electron chi connectivity index (χ1n) is 9.14. The van der Waals surface area contributed by atoms with Crippen LogP contribution in [0.3, 0.4) is 0 Å². The lowest BCUT2D eigenvalue weighted by molar-refractivity contribution is 0.0527. The normalized spacial score (nSPS) is 10.4. The fourth-order valence-electron chi connectivity index (χ4n) is 2.91. The summed E-state index contributed by atoms with van der Waals surface area (Å²) >= 11 is 0. The minimum Gasteiger partial charge on any atom is -0.462 e. The number of fused-ring (bicyclic) bond motifs is 1. The van der Waals surface area contributed by atoms with Crippen LogP contribution in [-0.2, 0) is 4.74 Å². The summed E-state index contributed by atoms with van der Waals surface area (Å²) < 4.78 is 5.16. The van der Waals surface area contributed by atoms with Gasteiger partial charge in [0.1, 0.15) is 5.56 Å². The minimum absolute atomic E-state index is 0.0339. The summed E-state index contributed by atoms with van der Waals surface area (Å²) in [4.78, 5) is 40.4. The summed E-state index contributed by atoms with van der Waals surface area (Å²) in [5.41, 5.74) is 3.06. The second kappa shape index (κ2) is 8.52. The van der Waals surface area contributed by atoms with Crippen molar-refractivity contribution >= 4 is 39.9 Å². The average Bonchev–Trinajstić information content (AvgIpc) is 2.73. The molecule has 1 heterocycles.